The van der Waals surface area contributed by atoms with Crippen molar-refractivity contribution in [3.63, 3.8) is 0 Å². The van der Waals surface area contributed by atoms with Crippen LogP contribution in [0.3, 0.4) is 0 Å². The number of halogens is 2. The Labute approximate surface area is 148 Å². The van der Waals surface area contributed by atoms with Crippen LogP contribution < -0.4 is 4.74 Å². The highest BCUT2D eigenvalue weighted by Gasteiger charge is 2.18. The summed E-state index contributed by atoms with van der Waals surface area (Å²) in [4.78, 5) is 10.6. The molecule has 0 saturated heterocycles. The van der Waals surface area contributed by atoms with E-state index in [0.717, 1.165) is 16.7 Å². The van der Waals surface area contributed by atoms with Crippen LogP contribution in [0.1, 0.15) is 0 Å². The Morgan fingerprint density at radius 1 is 0.846 bits per heavy atom. The summed E-state index contributed by atoms with van der Waals surface area (Å²) < 4.78 is 29.4. The Bertz CT molecular complexity index is 897. The molecule has 3 aromatic carbocycles. The Hall–Kier alpha value is -3.28. The van der Waals surface area contributed by atoms with Crippen molar-refractivity contribution in [2.45, 2.75) is 6.43 Å². The van der Waals surface area contributed by atoms with E-state index in [2.05, 4.69) is 0 Å². The van der Waals surface area contributed by atoms with E-state index in [4.69, 9.17) is 4.74 Å². The second kappa shape index (κ2) is 7.74. The predicted octanol–water partition coefficient (Wildman–Crippen LogP) is 5.57. The summed E-state index contributed by atoms with van der Waals surface area (Å²) in [6.45, 7) is -0.883. The molecule has 3 aromatic rings. The molecule has 0 heterocycles. The highest BCUT2D eigenvalue weighted by Crippen LogP contribution is 2.33. The molecule has 0 radical (unpaired) electrons. The molecule has 4 nitrogen and oxygen atoms in total. The average Bonchev–Trinajstić information content (AvgIpc) is 2.67. The van der Waals surface area contributed by atoms with Gasteiger partial charge in [0.05, 0.1) is 4.92 Å². The van der Waals surface area contributed by atoms with Gasteiger partial charge in [-0.15, -0.1) is 0 Å². The van der Waals surface area contributed by atoms with Crippen molar-refractivity contribution in [3.05, 3.63) is 82.9 Å². The van der Waals surface area contributed by atoms with Gasteiger partial charge in [-0.25, -0.2) is 8.78 Å². The summed E-state index contributed by atoms with van der Waals surface area (Å²) in [5.41, 5.74) is 3.16. The first kappa shape index (κ1) is 17.5. The SMILES string of the molecule is O=[N+]([O-])c1cc(-c2ccc(-c3ccccc3)cc2)ccc1OCC(F)F. The average molecular weight is 355 g/mol. The first-order chi connectivity index (χ1) is 12.5. The quantitative estimate of drug-likeness (QED) is 0.429. The maximum absolute atomic E-state index is 12.3. The van der Waals surface area contributed by atoms with E-state index in [0.29, 0.717) is 5.56 Å². The molecule has 0 aromatic heterocycles. The van der Waals surface area contributed by atoms with Crippen molar-refractivity contribution in [2.24, 2.45) is 0 Å². The molecule has 0 atom stereocenters. The van der Waals surface area contributed by atoms with Crippen molar-refractivity contribution in [3.8, 4) is 28.0 Å². The Kier molecular flexibility index (Phi) is 5.22. The third-order valence-corrected chi connectivity index (χ3v) is 3.85. The summed E-state index contributed by atoms with van der Waals surface area (Å²) in [6.07, 6.45) is -2.69. The molecule has 0 bridgehead atoms. The number of alkyl halides is 2. The zero-order chi connectivity index (χ0) is 18.5. The van der Waals surface area contributed by atoms with Gasteiger partial charge in [-0.2, -0.15) is 0 Å². The number of hydrogen-bond acceptors (Lipinski definition) is 3. The Balaban J connectivity index is 1.89. The molecule has 0 unspecified atom stereocenters. The molecule has 6 heteroatoms. The number of nitrogens with zero attached hydrogens (tertiary/aromatic N) is 1. The molecule has 0 saturated carbocycles. The normalized spacial score (nSPS) is 10.7. The van der Waals surface area contributed by atoms with E-state index in [9.17, 15) is 18.9 Å². The lowest BCUT2D eigenvalue weighted by molar-refractivity contribution is -0.385. The molecule has 0 amide bonds. The lowest BCUT2D eigenvalue weighted by Crippen LogP contribution is -2.08. The summed E-state index contributed by atoms with van der Waals surface area (Å²) >= 11 is 0. The predicted molar refractivity (Wildman–Crippen MR) is 95.5 cm³/mol. The second-order valence-corrected chi connectivity index (χ2v) is 5.59. The number of ether oxygens (including phenoxy) is 1. The highest BCUT2D eigenvalue weighted by atomic mass is 19.3. The van der Waals surface area contributed by atoms with E-state index in [1.54, 1.807) is 6.07 Å². The minimum atomic E-state index is -2.69. The van der Waals surface area contributed by atoms with E-state index in [1.807, 2.05) is 54.6 Å². The summed E-state index contributed by atoms with van der Waals surface area (Å²) in [5.74, 6) is -0.167. The molecule has 0 spiro atoms. The van der Waals surface area contributed by atoms with E-state index < -0.39 is 18.0 Å². The van der Waals surface area contributed by atoms with E-state index >= 15 is 0 Å². The topological polar surface area (TPSA) is 52.4 Å². The molecule has 0 aliphatic heterocycles. The molecule has 0 fully saturated rings. The van der Waals surface area contributed by atoms with Gasteiger partial charge in [-0.1, -0.05) is 60.7 Å². The molecule has 0 aliphatic rings. The molecular formula is C20H15F2NO3. The number of benzene rings is 3. The maximum Gasteiger partial charge on any atom is 0.311 e. The fourth-order valence-corrected chi connectivity index (χ4v) is 2.60. The molecule has 3 rings (SSSR count). The van der Waals surface area contributed by atoms with Gasteiger partial charge >= 0.3 is 5.69 Å². The summed E-state index contributed by atoms with van der Waals surface area (Å²) in [7, 11) is 0. The summed E-state index contributed by atoms with van der Waals surface area (Å²) in [6, 6.07) is 21.7. The first-order valence-corrected chi connectivity index (χ1v) is 7.90. The van der Waals surface area contributed by atoms with Gasteiger partial charge < -0.3 is 4.74 Å². The number of nitro groups is 1. The maximum atomic E-state index is 12.3. The first-order valence-electron chi connectivity index (χ1n) is 7.90. The molecule has 132 valence electrons. The van der Waals surface area contributed by atoms with Crippen LogP contribution in [-0.4, -0.2) is 18.0 Å². The molecule has 0 aliphatic carbocycles. The van der Waals surface area contributed by atoms with Crippen molar-refractivity contribution in [1.29, 1.82) is 0 Å². The van der Waals surface area contributed by atoms with E-state index in [-0.39, 0.29) is 11.4 Å². The van der Waals surface area contributed by atoms with Crippen LogP contribution in [0.25, 0.3) is 22.3 Å². The van der Waals surface area contributed by atoms with E-state index in [1.165, 1.54) is 12.1 Å². The summed E-state index contributed by atoms with van der Waals surface area (Å²) in [5, 5.41) is 11.2. The lowest BCUT2D eigenvalue weighted by atomic mass is 10.00. The molecule has 26 heavy (non-hydrogen) atoms. The van der Waals surface area contributed by atoms with Crippen LogP contribution in [0.2, 0.25) is 0 Å². The number of hydrogen-bond donors (Lipinski definition) is 0. The number of nitro benzene ring substituents is 1. The fourth-order valence-electron chi connectivity index (χ4n) is 2.60. The van der Waals surface area contributed by atoms with Crippen molar-refractivity contribution in [2.75, 3.05) is 6.61 Å². The van der Waals surface area contributed by atoms with Crippen LogP contribution in [0.15, 0.2) is 72.8 Å². The van der Waals surface area contributed by atoms with Crippen molar-refractivity contribution >= 4 is 5.69 Å². The third kappa shape index (κ3) is 4.03. The van der Waals surface area contributed by atoms with Gasteiger partial charge in [0.15, 0.2) is 5.75 Å². The highest BCUT2D eigenvalue weighted by molar-refractivity contribution is 5.72. The Morgan fingerprint density at radius 2 is 1.38 bits per heavy atom. The zero-order valence-electron chi connectivity index (χ0n) is 13.6. The standard InChI is InChI=1S/C20H15F2NO3/c21-20(22)13-26-19-11-10-17(12-18(19)23(24)25)16-8-6-15(7-9-16)14-4-2-1-3-5-14/h1-12,20H,13H2. The third-order valence-electron chi connectivity index (χ3n) is 3.85. The van der Waals surface area contributed by atoms with Crippen LogP contribution in [-0.2, 0) is 0 Å². The minimum Gasteiger partial charge on any atom is -0.481 e. The van der Waals surface area contributed by atoms with Gasteiger partial charge in [0.25, 0.3) is 6.43 Å². The molecular weight excluding hydrogens is 340 g/mol. The van der Waals surface area contributed by atoms with Crippen molar-refractivity contribution in [1.82, 2.24) is 0 Å². The lowest BCUT2D eigenvalue weighted by Gasteiger charge is -2.09. The molecule has 0 N–H and O–H groups in total. The monoisotopic (exact) mass is 355 g/mol. The van der Waals surface area contributed by atoms with Gasteiger partial charge in [-0.3, -0.25) is 10.1 Å². The minimum absolute atomic E-state index is 0.167. The van der Waals surface area contributed by atoms with Crippen LogP contribution in [0, 0.1) is 10.1 Å². The largest absolute Gasteiger partial charge is 0.481 e. The zero-order valence-corrected chi connectivity index (χ0v) is 13.6. The number of rotatable bonds is 6. The smallest absolute Gasteiger partial charge is 0.311 e. The fraction of sp³-hybridized carbons (Fsp3) is 0.100. The van der Waals surface area contributed by atoms with Crippen LogP contribution >= 0.6 is 0 Å². The van der Waals surface area contributed by atoms with Gasteiger partial charge in [0, 0.05) is 6.07 Å². The van der Waals surface area contributed by atoms with Crippen molar-refractivity contribution < 1.29 is 18.4 Å². The Morgan fingerprint density at radius 3 is 1.96 bits per heavy atom. The van der Waals surface area contributed by atoms with Gasteiger partial charge in [-0.05, 0) is 28.3 Å². The van der Waals surface area contributed by atoms with Gasteiger partial charge in [0.2, 0.25) is 0 Å². The second-order valence-electron chi connectivity index (χ2n) is 5.59. The van der Waals surface area contributed by atoms with Gasteiger partial charge in [0.1, 0.15) is 6.61 Å². The van der Waals surface area contributed by atoms with Crippen LogP contribution in [0.4, 0.5) is 14.5 Å². The van der Waals surface area contributed by atoms with Crippen LogP contribution in [0.5, 0.6) is 5.75 Å².